The highest BCUT2D eigenvalue weighted by Crippen LogP contribution is 2.12. The van der Waals surface area contributed by atoms with Gasteiger partial charge in [0.25, 0.3) is 0 Å². The predicted octanol–water partition coefficient (Wildman–Crippen LogP) is 3.56. The van der Waals surface area contributed by atoms with E-state index in [9.17, 15) is 33.6 Å². The Balaban J connectivity index is 1.48. The summed E-state index contributed by atoms with van der Waals surface area (Å²) in [6.07, 6.45) is 1.56. The van der Waals surface area contributed by atoms with E-state index in [1.807, 2.05) is 19.9 Å². The van der Waals surface area contributed by atoms with Crippen LogP contribution in [0.15, 0.2) is 102 Å². The summed E-state index contributed by atoms with van der Waals surface area (Å²) in [4.78, 5) is 98.3. The molecule has 5 N–H and O–H groups in total. The lowest BCUT2D eigenvalue weighted by atomic mass is 10.0. The van der Waals surface area contributed by atoms with E-state index in [4.69, 9.17) is 19.7 Å². The first kappa shape index (κ1) is 55.0. The molecule has 4 aromatic rings. The number of amides is 5. The number of rotatable bonds is 31. The van der Waals surface area contributed by atoms with Gasteiger partial charge in [-0.3, -0.25) is 33.6 Å². The van der Waals surface area contributed by atoms with Crippen LogP contribution in [0.4, 0.5) is 0 Å². The van der Waals surface area contributed by atoms with Crippen LogP contribution in [0, 0.1) is 5.92 Å². The third-order valence-electron chi connectivity index (χ3n) is 10.4. The predicted molar refractivity (Wildman–Crippen MR) is 256 cm³/mol. The summed E-state index contributed by atoms with van der Waals surface area (Å²) in [6, 6.07) is 21.0. The van der Waals surface area contributed by atoms with Crippen molar-refractivity contribution in [1.82, 2.24) is 41.6 Å². The molecule has 0 aliphatic heterocycles. The van der Waals surface area contributed by atoms with Gasteiger partial charge in [0.2, 0.25) is 29.5 Å². The number of nitrogens with one attached hydrogen (secondary N) is 5. The van der Waals surface area contributed by atoms with Crippen LogP contribution in [-0.2, 0) is 80.4 Å². The number of benzene rings is 3. The highest BCUT2D eigenvalue weighted by Gasteiger charge is 2.34. The standard InChI is InChI=1S/C49H63N11O10/c1-4-51-46(64)41(29-44(62)69-32-36-17-10-6-11-18-36)55-49(67)42(30-45(63)70-33-37-19-12-7-13-20-37)56-48(66)40(28-35-15-8-5-9-16-35)54-47(65)39(27-34(2)3)53-43(61)22-14-21-38-31-60(59-57-38)24-26-68-25-23-52-58-50/h5-13,15-20,31,34,39-42H,4,14,21-30,32-33H2,1-3H3,(H,51,64)(H,53,61)(H,54,65)(H,55,67)(H,56,66)/t39-,40+,41+,42-/m1/s1. The molecule has 0 saturated carbocycles. The van der Waals surface area contributed by atoms with Crippen LogP contribution in [0.25, 0.3) is 10.4 Å². The average molecular weight is 966 g/mol. The Bertz CT molecular complexity index is 2330. The molecule has 0 aliphatic rings. The normalized spacial score (nSPS) is 12.5. The molecule has 21 nitrogen and oxygen atoms in total. The van der Waals surface area contributed by atoms with Gasteiger partial charge in [-0.1, -0.05) is 115 Å². The second-order valence-corrected chi connectivity index (χ2v) is 16.6. The van der Waals surface area contributed by atoms with Crippen molar-refractivity contribution in [2.24, 2.45) is 11.0 Å². The van der Waals surface area contributed by atoms with Crippen LogP contribution >= 0.6 is 0 Å². The number of nitrogens with zero attached hydrogens (tertiary/aromatic N) is 6. The Kier molecular flexibility index (Phi) is 24.1. The molecule has 70 heavy (non-hydrogen) atoms. The molecule has 0 spiro atoms. The first-order valence-electron chi connectivity index (χ1n) is 23.2. The topological polar surface area (TPSA) is 287 Å². The molecule has 374 valence electrons. The summed E-state index contributed by atoms with van der Waals surface area (Å²) in [7, 11) is 0. The van der Waals surface area contributed by atoms with Gasteiger partial charge < -0.3 is 40.8 Å². The Morgan fingerprint density at radius 2 is 1.21 bits per heavy atom. The van der Waals surface area contributed by atoms with Crippen LogP contribution < -0.4 is 26.6 Å². The lowest BCUT2D eigenvalue weighted by Crippen LogP contribution is -2.59. The first-order chi connectivity index (χ1) is 33.8. The summed E-state index contributed by atoms with van der Waals surface area (Å²) >= 11 is 0. The van der Waals surface area contributed by atoms with Crippen LogP contribution in [0.1, 0.15) is 75.3 Å². The van der Waals surface area contributed by atoms with E-state index >= 15 is 0 Å². The number of aromatic nitrogens is 3. The molecule has 4 atom stereocenters. The second-order valence-electron chi connectivity index (χ2n) is 16.6. The molecule has 4 rings (SSSR count). The summed E-state index contributed by atoms with van der Waals surface area (Å²) in [6.45, 7) is 6.66. The molecule has 1 aromatic heterocycles. The van der Waals surface area contributed by atoms with Crippen molar-refractivity contribution in [3.8, 4) is 0 Å². The van der Waals surface area contributed by atoms with Crippen LogP contribution in [-0.4, -0.2) is 107 Å². The fourth-order valence-corrected chi connectivity index (χ4v) is 6.89. The maximum absolute atomic E-state index is 14.4. The first-order valence-corrected chi connectivity index (χ1v) is 23.2. The molecule has 3 aromatic carbocycles. The average Bonchev–Trinajstić information content (AvgIpc) is 3.81. The third kappa shape index (κ3) is 21.1. The maximum atomic E-state index is 14.4. The molecule has 5 amide bonds. The molecule has 0 fully saturated rings. The quantitative estimate of drug-likeness (QED) is 0.0159. The summed E-state index contributed by atoms with van der Waals surface area (Å²) in [5.41, 5.74) is 11.1. The largest absolute Gasteiger partial charge is 0.461 e. The van der Waals surface area contributed by atoms with Crippen LogP contribution in [0.3, 0.4) is 0 Å². The molecule has 0 bridgehead atoms. The molecule has 0 saturated heterocycles. The monoisotopic (exact) mass is 965 g/mol. The van der Waals surface area contributed by atoms with Crippen molar-refractivity contribution in [1.29, 1.82) is 0 Å². The Morgan fingerprint density at radius 1 is 0.686 bits per heavy atom. The van der Waals surface area contributed by atoms with E-state index < -0.39 is 78.5 Å². The van der Waals surface area contributed by atoms with Gasteiger partial charge in [0.1, 0.15) is 37.4 Å². The van der Waals surface area contributed by atoms with Crippen molar-refractivity contribution >= 4 is 41.5 Å². The molecule has 1 heterocycles. The fraction of sp³-hybridized carbons (Fsp3) is 0.449. The number of carbonyl (C=O) groups is 7. The van der Waals surface area contributed by atoms with Gasteiger partial charge in [-0.2, -0.15) is 0 Å². The summed E-state index contributed by atoms with van der Waals surface area (Å²) < 4.78 is 17.9. The fourth-order valence-electron chi connectivity index (χ4n) is 6.89. The van der Waals surface area contributed by atoms with Crippen molar-refractivity contribution in [2.45, 2.75) is 110 Å². The SMILES string of the molecule is CCNC(=O)[C@H](CC(=O)OCc1ccccc1)NC(=O)[C@@H](CC(=O)OCc1ccccc1)NC(=O)[C@H](Cc1ccccc1)NC(=O)[C@@H](CC(C)C)NC(=O)CCCc1cn(CCOCCN=[N+]=[N-])nn1. The van der Waals surface area contributed by atoms with Gasteiger partial charge in [0.05, 0.1) is 38.3 Å². The lowest BCUT2D eigenvalue weighted by molar-refractivity contribution is -0.149. The zero-order valence-electron chi connectivity index (χ0n) is 39.8. The minimum Gasteiger partial charge on any atom is -0.461 e. The number of aryl methyl sites for hydroxylation is 1. The van der Waals surface area contributed by atoms with Crippen molar-refractivity contribution < 1.29 is 47.8 Å². The van der Waals surface area contributed by atoms with Gasteiger partial charge in [-0.15, -0.1) is 5.10 Å². The molecular formula is C49H63N11O10. The summed E-state index contributed by atoms with van der Waals surface area (Å²) in [5, 5.41) is 24.9. The zero-order chi connectivity index (χ0) is 50.5. The minimum absolute atomic E-state index is 0.0507. The van der Waals surface area contributed by atoms with Crippen LogP contribution in [0.5, 0.6) is 0 Å². The molecule has 0 radical (unpaired) electrons. The van der Waals surface area contributed by atoms with E-state index in [1.54, 1.807) is 103 Å². The number of ether oxygens (including phenoxy) is 3. The van der Waals surface area contributed by atoms with Gasteiger partial charge in [0, 0.05) is 37.0 Å². The Morgan fingerprint density at radius 3 is 1.77 bits per heavy atom. The highest BCUT2D eigenvalue weighted by molar-refractivity contribution is 5.97. The van der Waals surface area contributed by atoms with Crippen molar-refractivity contribution in [2.75, 3.05) is 26.3 Å². The van der Waals surface area contributed by atoms with Crippen molar-refractivity contribution in [3.63, 3.8) is 0 Å². The van der Waals surface area contributed by atoms with E-state index in [-0.39, 0.29) is 58.1 Å². The number of esters is 2. The Hall–Kier alpha value is -7.64. The maximum Gasteiger partial charge on any atom is 0.308 e. The van der Waals surface area contributed by atoms with E-state index in [2.05, 4.69) is 46.9 Å². The van der Waals surface area contributed by atoms with E-state index in [1.165, 1.54) is 0 Å². The zero-order valence-corrected chi connectivity index (χ0v) is 39.8. The highest BCUT2D eigenvalue weighted by atomic mass is 16.5. The van der Waals surface area contributed by atoms with Crippen LogP contribution in [0.2, 0.25) is 0 Å². The lowest BCUT2D eigenvalue weighted by Gasteiger charge is -2.27. The van der Waals surface area contributed by atoms with E-state index in [0.717, 1.165) is 0 Å². The second kappa shape index (κ2) is 30.7. The third-order valence-corrected chi connectivity index (χ3v) is 10.4. The van der Waals surface area contributed by atoms with Gasteiger partial charge in [-0.05, 0) is 54.3 Å². The molecular weight excluding hydrogens is 903 g/mol. The number of azide groups is 1. The number of hydrogen-bond donors (Lipinski definition) is 5. The smallest absolute Gasteiger partial charge is 0.308 e. The number of carbonyl (C=O) groups excluding carboxylic acids is 7. The molecule has 0 unspecified atom stereocenters. The van der Waals surface area contributed by atoms with Gasteiger partial charge >= 0.3 is 11.9 Å². The summed E-state index contributed by atoms with van der Waals surface area (Å²) in [5.74, 6) is -5.31. The number of likely N-dealkylation sites (N-methyl/N-ethyl adjacent to an activating group) is 1. The van der Waals surface area contributed by atoms with Gasteiger partial charge in [-0.25, -0.2) is 4.68 Å². The Labute approximate surface area is 406 Å². The van der Waals surface area contributed by atoms with E-state index in [0.29, 0.717) is 48.4 Å². The molecule has 0 aliphatic carbocycles. The minimum atomic E-state index is -1.65. The molecule has 21 heteroatoms. The number of hydrogen-bond acceptors (Lipinski definition) is 13. The van der Waals surface area contributed by atoms with Crippen molar-refractivity contribution in [3.05, 3.63) is 130 Å². The van der Waals surface area contributed by atoms with Gasteiger partial charge in [0.15, 0.2) is 0 Å².